The Hall–Kier alpha value is -1.28. The van der Waals surface area contributed by atoms with Gasteiger partial charge in [-0.15, -0.1) is 13.2 Å². The lowest BCUT2D eigenvalue weighted by Crippen LogP contribution is -2.17. The Morgan fingerprint density at radius 3 is 2.47 bits per heavy atom. The van der Waals surface area contributed by atoms with Crippen molar-refractivity contribution in [3.05, 3.63) is 29.8 Å². The fourth-order valence-corrected chi connectivity index (χ4v) is 1.36. The van der Waals surface area contributed by atoms with Crippen LogP contribution in [-0.4, -0.2) is 21.0 Å². The molecule has 1 aromatic rings. The predicted molar refractivity (Wildman–Crippen MR) is 52.8 cm³/mol. The molecule has 4 nitrogen and oxygen atoms in total. The summed E-state index contributed by atoms with van der Waals surface area (Å²) >= 11 is 0. The van der Waals surface area contributed by atoms with Crippen LogP contribution in [0.1, 0.15) is 5.56 Å². The third-order valence-corrected chi connectivity index (χ3v) is 2.12. The summed E-state index contributed by atoms with van der Waals surface area (Å²) in [6, 6.07) is 4.90. The van der Waals surface area contributed by atoms with Gasteiger partial charge in [0.2, 0.25) is 0 Å². The Morgan fingerprint density at radius 2 is 1.94 bits per heavy atom. The zero-order valence-corrected chi connectivity index (χ0v) is 9.51. The van der Waals surface area contributed by atoms with Crippen LogP contribution in [0, 0.1) is 0 Å². The molecule has 0 aliphatic heterocycles. The van der Waals surface area contributed by atoms with Crippen molar-refractivity contribution in [1.82, 2.24) is 0 Å². The molecule has 0 atom stereocenters. The van der Waals surface area contributed by atoms with Gasteiger partial charge in [0.05, 0.1) is 12.9 Å². The lowest BCUT2D eigenvalue weighted by atomic mass is 10.2. The summed E-state index contributed by atoms with van der Waals surface area (Å²) in [5, 5.41) is 0. The summed E-state index contributed by atoms with van der Waals surface area (Å²) < 4.78 is 65.2. The molecule has 0 bridgehead atoms. The van der Waals surface area contributed by atoms with E-state index < -0.39 is 22.2 Å². The molecule has 0 N–H and O–H groups in total. The van der Waals surface area contributed by atoms with Crippen LogP contribution in [0.25, 0.3) is 0 Å². The van der Waals surface area contributed by atoms with E-state index in [9.17, 15) is 21.6 Å². The van der Waals surface area contributed by atoms with E-state index in [-0.39, 0.29) is 12.2 Å². The zero-order chi connectivity index (χ0) is 13.1. The van der Waals surface area contributed by atoms with Crippen LogP contribution in [0.4, 0.5) is 13.2 Å². The summed E-state index contributed by atoms with van der Waals surface area (Å²) in [5.74, 6) is -0.424. The molecule has 8 heteroatoms. The molecule has 0 amide bonds. The van der Waals surface area contributed by atoms with Gasteiger partial charge in [-0.3, -0.25) is 4.18 Å². The van der Waals surface area contributed by atoms with Crippen molar-refractivity contribution in [1.29, 1.82) is 0 Å². The zero-order valence-electron chi connectivity index (χ0n) is 8.69. The molecule has 0 aromatic heterocycles. The van der Waals surface area contributed by atoms with Crippen LogP contribution >= 0.6 is 0 Å². The summed E-state index contributed by atoms with van der Waals surface area (Å²) in [4.78, 5) is 0. The maximum Gasteiger partial charge on any atom is 0.573 e. The van der Waals surface area contributed by atoms with Gasteiger partial charge in [0, 0.05) is 0 Å². The summed E-state index contributed by atoms with van der Waals surface area (Å²) in [7, 11) is -3.63. The minimum absolute atomic E-state index is 0.261. The summed E-state index contributed by atoms with van der Waals surface area (Å²) in [6.07, 6.45) is -3.93. The average Bonchev–Trinajstić information content (AvgIpc) is 2.11. The molecular weight excluding hydrogens is 261 g/mol. The van der Waals surface area contributed by atoms with Crippen molar-refractivity contribution in [2.75, 3.05) is 6.26 Å². The third kappa shape index (κ3) is 6.12. The number of alkyl halides is 3. The number of ether oxygens (including phenoxy) is 1. The molecule has 0 saturated carbocycles. The molecule has 17 heavy (non-hydrogen) atoms. The van der Waals surface area contributed by atoms with E-state index in [1.54, 1.807) is 0 Å². The molecule has 0 aliphatic rings. The molecule has 1 rings (SSSR count). The lowest BCUT2D eigenvalue weighted by Gasteiger charge is -2.09. The summed E-state index contributed by atoms with van der Waals surface area (Å²) in [6.45, 7) is -0.339. The van der Waals surface area contributed by atoms with Crippen LogP contribution in [0.3, 0.4) is 0 Å². The maximum atomic E-state index is 11.9. The highest BCUT2D eigenvalue weighted by molar-refractivity contribution is 7.85. The highest BCUT2D eigenvalue weighted by Gasteiger charge is 2.31. The molecule has 0 spiro atoms. The molecule has 96 valence electrons. The van der Waals surface area contributed by atoms with Crippen molar-refractivity contribution >= 4 is 10.1 Å². The number of hydrogen-bond donors (Lipinski definition) is 0. The smallest absolute Gasteiger partial charge is 0.406 e. The largest absolute Gasteiger partial charge is 0.573 e. The van der Waals surface area contributed by atoms with E-state index in [0.29, 0.717) is 0 Å². The summed E-state index contributed by atoms with van der Waals surface area (Å²) in [5.41, 5.74) is 0.261. The highest BCUT2D eigenvalue weighted by atomic mass is 32.2. The SMILES string of the molecule is CS(=O)(=O)OCc1cccc(OC(F)(F)F)c1. The molecule has 0 aliphatic carbocycles. The van der Waals surface area contributed by atoms with Gasteiger partial charge >= 0.3 is 6.36 Å². The molecule has 1 aromatic carbocycles. The minimum atomic E-state index is -4.78. The Kier molecular flexibility index (Phi) is 3.99. The Bertz CT molecular complexity index is 481. The van der Waals surface area contributed by atoms with Crippen LogP contribution < -0.4 is 4.74 Å². The molecule has 0 unspecified atom stereocenters. The number of benzene rings is 1. The molecule has 0 heterocycles. The van der Waals surface area contributed by atoms with Gasteiger partial charge < -0.3 is 4.74 Å². The molecule has 0 radical (unpaired) electrons. The Labute approximate surface area is 96.1 Å². The first kappa shape index (κ1) is 13.8. The van der Waals surface area contributed by atoms with E-state index in [0.717, 1.165) is 18.4 Å². The fourth-order valence-electron chi connectivity index (χ4n) is 1.01. The van der Waals surface area contributed by atoms with Crippen LogP contribution in [-0.2, 0) is 20.9 Å². The second kappa shape index (κ2) is 4.92. The highest BCUT2D eigenvalue weighted by Crippen LogP contribution is 2.23. The predicted octanol–water partition coefficient (Wildman–Crippen LogP) is 2.06. The van der Waals surface area contributed by atoms with Gasteiger partial charge in [0.1, 0.15) is 5.75 Å². The van der Waals surface area contributed by atoms with E-state index in [1.807, 2.05) is 0 Å². The average molecular weight is 270 g/mol. The van der Waals surface area contributed by atoms with Crippen LogP contribution in [0.2, 0.25) is 0 Å². The van der Waals surface area contributed by atoms with Gasteiger partial charge in [-0.25, -0.2) is 0 Å². The van der Waals surface area contributed by atoms with Gasteiger partial charge in [0.25, 0.3) is 10.1 Å². The number of rotatable bonds is 4. The second-order valence-corrected chi connectivity index (χ2v) is 4.81. The van der Waals surface area contributed by atoms with Gasteiger partial charge in [-0.2, -0.15) is 8.42 Å². The quantitative estimate of drug-likeness (QED) is 0.786. The van der Waals surface area contributed by atoms with Gasteiger partial charge in [-0.05, 0) is 17.7 Å². The minimum Gasteiger partial charge on any atom is -0.406 e. The first-order valence-corrected chi connectivity index (χ1v) is 6.16. The molecular formula is C9H9F3O4S. The monoisotopic (exact) mass is 270 g/mol. The van der Waals surface area contributed by atoms with E-state index in [4.69, 9.17) is 0 Å². The molecule has 0 saturated heterocycles. The van der Waals surface area contributed by atoms with Gasteiger partial charge in [-0.1, -0.05) is 12.1 Å². The van der Waals surface area contributed by atoms with E-state index in [2.05, 4.69) is 8.92 Å². The molecule has 0 fully saturated rings. The first-order chi connectivity index (χ1) is 7.66. The van der Waals surface area contributed by atoms with Crippen molar-refractivity contribution in [2.45, 2.75) is 13.0 Å². The van der Waals surface area contributed by atoms with Crippen LogP contribution in [0.5, 0.6) is 5.75 Å². The van der Waals surface area contributed by atoms with E-state index >= 15 is 0 Å². The van der Waals surface area contributed by atoms with Gasteiger partial charge in [0.15, 0.2) is 0 Å². The second-order valence-electron chi connectivity index (χ2n) is 3.16. The fraction of sp³-hybridized carbons (Fsp3) is 0.333. The maximum absolute atomic E-state index is 11.9. The topological polar surface area (TPSA) is 52.6 Å². The van der Waals surface area contributed by atoms with Crippen molar-refractivity contribution in [2.24, 2.45) is 0 Å². The van der Waals surface area contributed by atoms with E-state index in [1.165, 1.54) is 12.1 Å². The Morgan fingerprint density at radius 1 is 1.29 bits per heavy atom. The van der Waals surface area contributed by atoms with Crippen molar-refractivity contribution in [3.8, 4) is 5.75 Å². The first-order valence-electron chi connectivity index (χ1n) is 4.35. The Balaban J connectivity index is 2.73. The lowest BCUT2D eigenvalue weighted by molar-refractivity contribution is -0.274. The number of hydrogen-bond acceptors (Lipinski definition) is 4. The normalized spacial score (nSPS) is 12.5. The van der Waals surface area contributed by atoms with Crippen LogP contribution in [0.15, 0.2) is 24.3 Å². The number of halogens is 3. The van der Waals surface area contributed by atoms with Crippen molar-refractivity contribution in [3.63, 3.8) is 0 Å². The third-order valence-electron chi connectivity index (χ3n) is 1.57. The standard InChI is InChI=1S/C9H9F3O4S/c1-17(13,14)15-6-7-3-2-4-8(5-7)16-9(10,11)12/h2-5H,6H2,1H3. The van der Waals surface area contributed by atoms with Crippen molar-refractivity contribution < 1.29 is 30.5 Å².